The Morgan fingerprint density at radius 1 is 1.30 bits per heavy atom. The fourth-order valence-electron chi connectivity index (χ4n) is 1.67. The van der Waals surface area contributed by atoms with E-state index in [0.717, 1.165) is 13.1 Å². The number of nitrogens with zero attached hydrogens (tertiary/aromatic N) is 1. The van der Waals surface area contributed by atoms with Crippen molar-refractivity contribution in [3.05, 3.63) is 12.7 Å². The average Bonchev–Trinajstić information content (AvgIpc) is 2.34. The second-order valence-electron chi connectivity index (χ2n) is 6.84. The molecule has 4 heteroatoms. The molecule has 0 saturated carbocycles. The first-order valence-corrected chi connectivity index (χ1v) is 10.5. The summed E-state index contributed by atoms with van der Waals surface area (Å²) in [5.74, 6) is 0.302. The summed E-state index contributed by atoms with van der Waals surface area (Å²) in [6, 6.07) is 0. The lowest BCUT2D eigenvalue weighted by Crippen LogP contribution is -2.42. The molecule has 0 N–H and O–H groups in total. The van der Waals surface area contributed by atoms with E-state index in [1.54, 1.807) is 0 Å². The average molecular weight is 300 g/mol. The van der Waals surface area contributed by atoms with Crippen LogP contribution in [0, 0.1) is 5.92 Å². The van der Waals surface area contributed by atoms with Crippen LogP contribution in [0.15, 0.2) is 12.7 Å². The Morgan fingerprint density at radius 3 is 2.15 bits per heavy atom. The number of rotatable bonds is 8. The maximum atomic E-state index is 12.1. The predicted octanol–water partition coefficient (Wildman–Crippen LogP) is 4.07. The molecule has 0 aromatic heterocycles. The van der Waals surface area contributed by atoms with E-state index in [1.807, 2.05) is 24.8 Å². The van der Waals surface area contributed by atoms with Gasteiger partial charge in [-0.25, -0.2) is 0 Å². The van der Waals surface area contributed by atoms with Gasteiger partial charge >= 0.3 is 0 Å². The van der Waals surface area contributed by atoms with E-state index < -0.39 is 8.32 Å². The highest BCUT2D eigenvalue weighted by molar-refractivity contribution is 6.74. The number of hydrogen-bond donors (Lipinski definition) is 0. The molecule has 0 radical (unpaired) electrons. The summed E-state index contributed by atoms with van der Waals surface area (Å²) in [6.45, 7) is 21.2. The zero-order valence-corrected chi connectivity index (χ0v) is 15.5. The van der Waals surface area contributed by atoms with Gasteiger partial charge in [-0.15, -0.1) is 6.58 Å². The van der Waals surface area contributed by atoms with Crippen molar-refractivity contribution in [2.75, 3.05) is 19.7 Å². The maximum absolute atomic E-state index is 12.1. The van der Waals surface area contributed by atoms with E-state index >= 15 is 0 Å². The molecule has 0 unspecified atom stereocenters. The van der Waals surface area contributed by atoms with E-state index in [2.05, 4.69) is 40.4 Å². The summed E-state index contributed by atoms with van der Waals surface area (Å²) in [7, 11) is -1.75. The first-order valence-electron chi connectivity index (χ1n) is 7.63. The number of amides is 1. The standard InChI is InChI=1S/C16H33NO2Si/c1-9-14(12-15(18)17(10-2)11-3)13-19-20(7,8)16(4,5)6/h9,14H,1,10-13H2,2-8H3/t14-/m0/s1. The minimum Gasteiger partial charge on any atom is -0.416 e. The van der Waals surface area contributed by atoms with Crippen LogP contribution in [-0.4, -0.2) is 38.8 Å². The molecule has 0 rings (SSSR count). The van der Waals surface area contributed by atoms with Gasteiger partial charge in [0, 0.05) is 32.0 Å². The quantitative estimate of drug-likeness (QED) is 0.499. The zero-order chi connectivity index (χ0) is 16.0. The number of carbonyl (C=O) groups excluding carboxylic acids is 1. The number of hydrogen-bond acceptors (Lipinski definition) is 2. The molecule has 0 aliphatic heterocycles. The highest BCUT2D eigenvalue weighted by Gasteiger charge is 2.37. The van der Waals surface area contributed by atoms with E-state index in [0.29, 0.717) is 13.0 Å². The Bertz CT molecular complexity index is 317. The molecular formula is C16H33NO2Si. The van der Waals surface area contributed by atoms with Crippen molar-refractivity contribution in [2.24, 2.45) is 5.92 Å². The summed E-state index contributed by atoms with van der Waals surface area (Å²) in [4.78, 5) is 14.0. The third kappa shape index (κ3) is 5.79. The topological polar surface area (TPSA) is 29.5 Å². The lowest BCUT2D eigenvalue weighted by Gasteiger charge is -2.37. The van der Waals surface area contributed by atoms with Gasteiger partial charge in [-0.2, -0.15) is 0 Å². The fraction of sp³-hybridized carbons (Fsp3) is 0.812. The lowest BCUT2D eigenvalue weighted by molar-refractivity contribution is -0.131. The van der Waals surface area contributed by atoms with Crippen molar-refractivity contribution in [1.82, 2.24) is 4.90 Å². The van der Waals surface area contributed by atoms with Gasteiger partial charge in [0.15, 0.2) is 8.32 Å². The molecule has 0 heterocycles. The predicted molar refractivity (Wildman–Crippen MR) is 89.4 cm³/mol. The largest absolute Gasteiger partial charge is 0.416 e. The summed E-state index contributed by atoms with van der Waals surface area (Å²) in [6.07, 6.45) is 2.36. The molecule has 0 fully saturated rings. The SMILES string of the molecule is C=C[C@H](CO[Si](C)(C)C(C)(C)C)CC(=O)N(CC)CC. The van der Waals surface area contributed by atoms with E-state index in [4.69, 9.17) is 4.43 Å². The van der Waals surface area contributed by atoms with Crippen LogP contribution >= 0.6 is 0 Å². The van der Waals surface area contributed by atoms with Crippen LogP contribution in [0.4, 0.5) is 0 Å². The first kappa shape index (κ1) is 19.4. The fourth-order valence-corrected chi connectivity index (χ4v) is 2.74. The van der Waals surface area contributed by atoms with Gasteiger partial charge in [0.2, 0.25) is 5.91 Å². The Morgan fingerprint density at radius 2 is 1.80 bits per heavy atom. The summed E-state index contributed by atoms with van der Waals surface area (Å²) in [5, 5.41) is 0.196. The molecule has 3 nitrogen and oxygen atoms in total. The minimum atomic E-state index is -1.75. The third-order valence-electron chi connectivity index (χ3n) is 4.35. The summed E-state index contributed by atoms with van der Waals surface area (Å²) in [5.41, 5.74) is 0. The number of carbonyl (C=O) groups is 1. The Kier molecular flexibility index (Phi) is 7.74. The summed E-state index contributed by atoms with van der Waals surface area (Å²) < 4.78 is 6.19. The molecule has 118 valence electrons. The van der Waals surface area contributed by atoms with Crippen LogP contribution in [0.1, 0.15) is 41.0 Å². The Balaban J connectivity index is 4.51. The Hall–Kier alpha value is -0.613. The van der Waals surface area contributed by atoms with Crippen LogP contribution in [0.3, 0.4) is 0 Å². The maximum Gasteiger partial charge on any atom is 0.223 e. The van der Waals surface area contributed by atoms with Gasteiger partial charge in [0.05, 0.1) is 0 Å². The molecule has 1 atom stereocenters. The van der Waals surface area contributed by atoms with Crippen molar-refractivity contribution in [3.63, 3.8) is 0 Å². The highest BCUT2D eigenvalue weighted by atomic mass is 28.4. The lowest BCUT2D eigenvalue weighted by atomic mass is 10.1. The minimum absolute atomic E-state index is 0.109. The van der Waals surface area contributed by atoms with Gasteiger partial charge in [-0.1, -0.05) is 26.8 Å². The van der Waals surface area contributed by atoms with Crippen LogP contribution < -0.4 is 0 Å². The molecule has 0 bridgehead atoms. The third-order valence-corrected chi connectivity index (χ3v) is 8.85. The van der Waals surface area contributed by atoms with Crippen molar-refractivity contribution in [3.8, 4) is 0 Å². The van der Waals surface area contributed by atoms with Gasteiger partial charge in [-0.05, 0) is 32.0 Å². The van der Waals surface area contributed by atoms with E-state index in [-0.39, 0.29) is 16.9 Å². The zero-order valence-electron chi connectivity index (χ0n) is 14.5. The smallest absolute Gasteiger partial charge is 0.223 e. The van der Waals surface area contributed by atoms with Gasteiger partial charge in [0.25, 0.3) is 0 Å². The van der Waals surface area contributed by atoms with E-state index in [9.17, 15) is 4.79 Å². The molecule has 0 saturated heterocycles. The van der Waals surface area contributed by atoms with E-state index in [1.165, 1.54) is 0 Å². The highest BCUT2D eigenvalue weighted by Crippen LogP contribution is 2.36. The summed E-state index contributed by atoms with van der Waals surface area (Å²) >= 11 is 0. The second kappa shape index (κ2) is 7.98. The Labute approximate surface area is 126 Å². The first-order chi connectivity index (χ1) is 9.09. The normalized spacial score (nSPS) is 13.9. The van der Waals surface area contributed by atoms with Crippen molar-refractivity contribution in [2.45, 2.75) is 59.2 Å². The van der Waals surface area contributed by atoms with Crippen LogP contribution in [0.2, 0.25) is 18.1 Å². The van der Waals surface area contributed by atoms with Gasteiger partial charge < -0.3 is 9.33 Å². The van der Waals surface area contributed by atoms with Crippen LogP contribution in [-0.2, 0) is 9.22 Å². The molecule has 0 aromatic rings. The van der Waals surface area contributed by atoms with Gasteiger partial charge in [0.1, 0.15) is 0 Å². The molecule has 20 heavy (non-hydrogen) atoms. The molecule has 0 aliphatic rings. The second-order valence-corrected chi connectivity index (χ2v) is 11.6. The van der Waals surface area contributed by atoms with Crippen LogP contribution in [0.25, 0.3) is 0 Å². The molecule has 0 spiro atoms. The monoisotopic (exact) mass is 299 g/mol. The van der Waals surface area contributed by atoms with Crippen LogP contribution in [0.5, 0.6) is 0 Å². The molecule has 0 aliphatic carbocycles. The van der Waals surface area contributed by atoms with Crippen molar-refractivity contribution < 1.29 is 9.22 Å². The molecule has 0 aromatic carbocycles. The van der Waals surface area contributed by atoms with Gasteiger partial charge in [-0.3, -0.25) is 4.79 Å². The van der Waals surface area contributed by atoms with Crippen molar-refractivity contribution >= 4 is 14.2 Å². The van der Waals surface area contributed by atoms with Crippen molar-refractivity contribution in [1.29, 1.82) is 0 Å². The molecular weight excluding hydrogens is 266 g/mol. The molecule has 1 amide bonds.